The highest BCUT2D eigenvalue weighted by Crippen LogP contribution is 2.42. The Morgan fingerprint density at radius 2 is 1.94 bits per heavy atom. The van der Waals surface area contributed by atoms with Crippen LogP contribution in [0.15, 0.2) is 24.4 Å². The molecule has 5 heteroatoms. The van der Waals surface area contributed by atoms with Crippen LogP contribution in [0.25, 0.3) is 0 Å². The van der Waals surface area contributed by atoms with E-state index in [1.54, 1.807) is 13.8 Å². The number of pyridine rings is 1. The number of nitrogens with zero attached hydrogens (tertiary/aromatic N) is 1. The van der Waals surface area contributed by atoms with Crippen LogP contribution in [0.5, 0.6) is 0 Å². The molecule has 0 radical (unpaired) electrons. The number of hydrogen-bond donors (Lipinski definition) is 1. The van der Waals surface area contributed by atoms with Crippen molar-refractivity contribution >= 4 is 0 Å². The maximum atomic E-state index is 12.9. The van der Waals surface area contributed by atoms with Gasteiger partial charge in [-0.05, 0) is 24.5 Å². The van der Waals surface area contributed by atoms with Crippen molar-refractivity contribution < 1.29 is 18.3 Å². The van der Waals surface area contributed by atoms with Gasteiger partial charge in [0.2, 0.25) is 5.60 Å². The highest BCUT2D eigenvalue weighted by atomic mass is 19.4. The van der Waals surface area contributed by atoms with Gasteiger partial charge in [0.25, 0.3) is 0 Å². The van der Waals surface area contributed by atoms with E-state index in [1.165, 1.54) is 24.4 Å². The molecule has 0 saturated carbocycles. The van der Waals surface area contributed by atoms with Crippen LogP contribution in [0.2, 0.25) is 0 Å². The third kappa shape index (κ3) is 2.52. The quantitative estimate of drug-likeness (QED) is 0.870. The molecular weight excluding hydrogens is 219 g/mol. The fourth-order valence-corrected chi connectivity index (χ4v) is 1.56. The first-order valence-corrected chi connectivity index (χ1v) is 4.98. The van der Waals surface area contributed by atoms with E-state index >= 15 is 0 Å². The van der Waals surface area contributed by atoms with E-state index in [0.717, 1.165) is 0 Å². The highest BCUT2D eigenvalue weighted by Gasteiger charge is 2.55. The molecule has 1 aromatic rings. The van der Waals surface area contributed by atoms with Crippen molar-refractivity contribution in [2.24, 2.45) is 5.92 Å². The molecule has 16 heavy (non-hydrogen) atoms. The lowest BCUT2D eigenvalue weighted by molar-refractivity contribution is -0.273. The van der Waals surface area contributed by atoms with Crippen LogP contribution < -0.4 is 0 Å². The van der Waals surface area contributed by atoms with E-state index in [2.05, 4.69) is 4.98 Å². The Kier molecular flexibility index (Phi) is 3.57. The highest BCUT2D eigenvalue weighted by molar-refractivity contribution is 5.15. The minimum atomic E-state index is -4.72. The molecule has 0 fully saturated rings. The summed E-state index contributed by atoms with van der Waals surface area (Å²) in [5.74, 6) is -0.284. The summed E-state index contributed by atoms with van der Waals surface area (Å²) in [6.07, 6.45) is -3.87. The SMILES string of the molecule is CC(C)CC(O)(c1ccccn1)C(F)(F)F. The second-order valence-electron chi connectivity index (χ2n) is 4.17. The molecule has 0 aromatic carbocycles. The van der Waals surface area contributed by atoms with Gasteiger partial charge in [-0.1, -0.05) is 19.9 Å². The van der Waals surface area contributed by atoms with E-state index < -0.39 is 18.2 Å². The number of aromatic nitrogens is 1. The van der Waals surface area contributed by atoms with Crippen LogP contribution in [0.4, 0.5) is 13.2 Å². The molecule has 0 aliphatic heterocycles. The van der Waals surface area contributed by atoms with Crippen molar-refractivity contribution in [1.29, 1.82) is 0 Å². The lowest BCUT2D eigenvalue weighted by Gasteiger charge is -2.31. The fourth-order valence-electron chi connectivity index (χ4n) is 1.56. The Balaban J connectivity index is 3.16. The van der Waals surface area contributed by atoms with Gasteiger partial charge in [-0.2, -0.15) is 13.2 Å². The van der Waals surface area contributed by atoms with Gasteiger partial charge in [-0.3, -0.25) is 4.98 Å². The van der Waals surface area contributed by atoms with Crippen LogP contribution in [-0.4, -0.2) is 16.3 Å². The van der Waals surface area contributed by atoms with Crippen LogP contribution >= 0.6 is 0 Å². The van der Waals surface area contributed by atoms with E-state index in [1.807, 2.05) is 0 Å². The Morgan fingerprint density at radius 1 is 1.31 bits per heavy atom. The first-order chi connectivity index (χ1) is 7.27. The number of halogens is 3. The van der Waals surface area contributed by atoms with Gasteiger partial charge in [0.15, 0.2) is 0 Å². The van der Waals surface area contributed by atoms with Crippen LogP contribution in [-0.2, 0) is 5.60 Å². The van der Waals surface area contributed by atoms with E-state index in [9.17, 15) is 18.3 Å². The predicted octanol–water partition coefficient (Wildman–Crippen LogP) is 2.88. The summed E-state index contributed by atoms with van der Waals surface area (Å²) in [5.41, 5.74) is -3.21. The van der Waals surface area contributed by atoms with E-state index in [-0.39, 0.29) is 11.6 Å². The van der Waals surface area contributed by atoms with Crippen LogP contribution in [0, 0.1) is 5.92 Å². The lowest BCUT2D eigenvalue weighted by atomic mass is 9.88. The van der Waals surface area contributed by atoms with E-state index in [0.29, 0.717) is 0 Å². The molecule has 0 amide bonds. The summed E-state index contributed by atoms with van der Waals surface area (Å²) in [5, 5.41) is 9.80. The third-order valence-electron chi connectivity index (χ3n) is 2.26. The summed E-state index contributed by atoms with van der Waals surface area (Å²) in [6.45, 7) is 3.25. The topological polar surface area (TPSA) is 33.1 Å². The maximum absolute atomic E-state index is 12.9. The van der Waals surface area contributed by atoms with Gasteiger partial charge in [-0.25, -0.2) is 0 Å². The average molecular weight is 233 g/mol. The first-order valence-electron chi connectivity index (χ1n) is 4.98. The van der Waals surface area contributed by atoms with Gasteiger partial charge >= 0.3 is 6.18 Å². The molecule has 0 saturated heterocycles. The van der Waals surface area contributed by atoms with Gasteiger partial charge in [0.05, 0.1) is 5.69 Å². The summed E-state index contributed by atoms with van der Waals surface area (Å²) in [6, 6.07) is 4.13. The molecule has 90 valence electrons. The van der Waals surface area contributed by atoms with Crippen LogP contribution in [0.1, 0.15) is 26.0 Å². The second-order valence-corrected chi connectivity index (χ2v) is 4.17. The Hall–Kier alpha value is -1.10. The van der Waals surface area contributed by atoms with Crippen molar-refractivity contribution in [2.45, 2.75) is 32.0 Å². The molecule has 1 unspecified atom stereocenters. The van der Waals surface area contributed by atoms with Gasteiger partial charge in [0.1, 0.15) is 0 Å². The molecule has 0 bridgehead atoms. The minimum Gasteiger partial charge on any atom is -0.375 e. The summed E-state index contributed by atoms with van der Waals surface area (Å²) < 4.78 is 38.6. The number of rotatable bonds is 3. The van der Waals surface area contributed by atoms with Gasteiger partial charge < -0.3 is 5.11 Å². The lowest BCUT2D eigenvalue weighted by Crippen LogP contribution is -2.44. The average Bonchev–Trinajstić information content (AvgIpc) is 2.16. The summed E-state index contributed by atoms with van der Waals surface area (Å²) in [7, 11) is 0. The zero-order chi connectivity index (χ0) is 12.4. The molecule has 0 aliphatic carbocycles. The zero-order valence-corrected chi connectivity index (χ0v) is 9.12. The summed E-state index contributed by atoms with van der Waals surface area (Å²) >= 11 is 0. The monoisotopic (exact) mass is 233 g/mol. The third-order valence-corrected chi connectivity index (χ3v) is 2.26. The van der Waals surface area contributed by atoms with Crippen molar-refractivity contribution in [3.63, 3.8) is 0 Å². The van der Waals surface area contributed by atoms with E-state index in [4.69, 9.17) is 0 Å². The number of aliphatic hydroxyl groups is 1. The Labute approximate surface area is 92.1 Å². The van der Waals surface area contributed by atoms with Crippen molar-refractivity contribution in [1.82, 2.24) is 4.98 Å². The van der Waals surface area contributed by atoms with Gasteiger partial charge in [-0.15, -0.1) is 0 Å². The Morgan fingerprint density at radius 3 is 2.31 bits per heavy atom. The molecular formula is C11H14F3NO. The molecule has 0 spiro atoms. The normalized spacial score (nSPS) is 16.2. The van der Waals surface area contributed by atoms with Crippen molar-refractivity contribution in [2.75, 3.05) is 0 Å². The fraction of sp³-hybridized carbons (Fsp3) is 0.545. The largest absolute Gasteiger partial charge is 0.422 e. The molecule has 1 heterocycles. The standard InChI is InChI=1S/C11H14F3NO/c1-8(2)7-10(16,11(12,13)14)9-5-3-4-6-15-9/h3-6,8,16H,7H2,1-2H3. The molecule has 1 rings (SSSR count). The number of alkyl halides is 3. The van der Waals surface area contributed by atoms with Gasteiger partial charge in [0, 0.05) is 6.20 Å². The Bertz CT molecular complexity index is 337. The summed E-state index contributed by atoms with van der Waals surface area (Å²) in [4.78, 5) is 3.60. The predicted molar refractivity (Wildman–Crippen MR) is 53.6 cm³/mol. The second kappa shape index (κ2) is 4.41. The molecule has 0 aliphatic rings. The zero-order valence-electron chi connectivity index (χ0n) is 9.12. The first kappa shape index (κ1) is 13.0. The number of hydrogen-bond acceptors (Lipinski definition) is 2. The minimum absolute atomic E-state index is 0.284. The van der Waals surface area contributed by atoms with Crippen molar-refractivity contribution in [3.05, 3.63) is 30.1 Å². The maximum Gasteiger partial charge on any atom is 0.422 e. The van der Waals surface area contributed by atoms with Crippen molar-refractivity contribution in [3.8, 4) is 0 Å². The smallest absolute Gasteiger partial charge is 0.375 e. The molecule has 1 atom stereocenters. The molecule has 2 nitrogen and oxygen atoms in total. The molecule has 1 N–H and O–H groups in total. The molecule has 1 aromatic heterocycles. The van der Waals surface area contributed by atoms with Crippen LogP contribution in [0.3, 0.4) is 0 Å².